The van der Waals surface area contributed by atoms with E-state index >= 15 is 0 Å². The van der Waals surface area contributed by atoms with Crippen molar-refractivity contribution in [1.82, 2.24) is 10.0 Å². The van der Waals surface area contributed by atoms with E-state index < -0.39 is 6.29 Å². The number of carbonyl (C=O) groups excluding carboxylic acids is 1. The van der Waals surface area contributed by atoms with Gasteiger partial charge in [-0.2, -0.15) is 0 Å². The van der Waals surface area contributed by atoms with Crippen LogP contribution in [0, 0.1) is 0 Å². The topological polar surface area (TPSA) is 63.8 Å². The summed E-state index contributed by atoms with van der Waals surface area (Å²) in [6.07, 6.45) is 0.767. The molecule has 1 aliphatic heterocycles. The molecule has 0 spiro atoms. The zero-order valence-electron chi connectivity index (χ0n) is 16.8. The fraction of sp³-hybridized carbons (Fsp3) is 0.160. The van der Waals surface area contributed by atoms with Crippen LogP contribution in [0.2, 0.25) is 0 Å². The Bertz CT molecular complexity index is 1160. The number of fused-ring (bicyclic) bond motifs is 1. The highest BCUT2D eigenvalue weighted by Crippen LogP contribution is 2.32. The third-order valence-corrected chi connectivity index (χ3v) is 5.21. The first-order valence-corrected chi connectivity index (χ1v) is 10.2. The maximum Gasteiger partial charge on any atom is 0.277 e. The van der Waals surface area contributed by atoms with Gasteiger partial charge < -0.3 is 14.5 Å². The van der Waals surface area contributed by atoms with Crippen molar-refractivity contribution in [2.75, 3.05) is 13.2 Å². The van der Waals surface area contributed by atoms with E-state index in [2.05, 4.69) is 4.98 Å². The molecule has 1 saturated heterocycles. The average molecular weight is 414 g/mol. The Balaban J connectivity index is 1.41. The number of hydroxylamine groups is 2. The molecular weight excluding hydrogens is 392 g/mol. The molecule has 0 bridgehead atoms. The zero-order chi connectivity index (χ0) is 21.0. The number of hydrogen-bond donors (Lipinski definition) is 1. The highest BCUT2D eigenvalue weighted by atomic mass is 16.8. The third-order valence-electron chi connectivity index (χ3n) is 5.21. The summed E-state index contributed by atoms with van der Waals surface area (Å²) in [5.41, 5.74) is 2.38. The molecule has 1 fully saturated rings. The fourth-order valence-corrected chi connectivity index (χ4v) is 3.66. The van der Waals surface area contributed by atoms with Gasteiger partial charge in [-0.25, -0.2) is 9.90 Å². The zero-order valence-corrected chi connectivity index (χ0v) is 16.8. The van der Waals surface area contributed by atoms with Gasteiger partial charge >= 0.3 is 0 Å². The van der Waals surface area contributed by atoms with Crippen molar-refractivity contribution < 1.29 is 19.1 Å². The molecule has 5 rings (SSSR count). The SMILES string of the molecule is O=C(c1ccccc1)N1C[C@H](COc2ccccc2)O[C@@H](c2c[nH]c3ccccc23)O1. The Labute approximate surface area is 179 Å². The lowest BCUT2D eigenvalue weighted by molar-refractivity contribution is -0.325. The number of para-hydroxylation sites is 2. The number of hydrogen-bond acceptors (Lipinski definition) is 4. The summed E-state index contributed by atoms with van der Waals surface area (Å²) in [5.74, 6) is 0.542. The molecule has 6 nitrogen and oxygen atoms in total. The van der Waals surface area contributed by atoms with Crippen LogP contribution in [-0.4, -0.2) is 35.2 Å². The summed E-state index contributed by atoms with van der Waals surface area (Å²) in [5, 5.41) is 2.37. The Kier molecular flexibility index (Phi) is 5.39. The molecule has 3 aromatic carbocycles. The van der Waals surface area contributed by atoms with Gasteiger partial charge in [0.15, 0.2) is 0 Å². The van der Waals surface area contributed by atoms with Crippen molar-refractivity contribution in [3.05, 3.63) is 102 Å². The van der Waals surface area contributed by atoms with Gasteiger partial charge in [0.1, 0.15) is 18.5 Å². The van der Waals surface area contributed by atoms with Gasteiger partial charge in [0.25, 0.3) is 5.91 Å². The van der Waals surface area contributed by atoms with E-state index in [9.17, 15) is 4.79 Å². The van der Waals surface area contributed by atoms with Crippen molar-refractivity contribution in [3.63, 3.8) is 0 Å². The number of rotatable bonds is 5. The summed E-state index contributed by atoms with van der Waals surface area (Å²) in [4.78, 5) is 22.4. The van der Waals surface area contributed by atoms with E-state index in [-0.39, 0.29) is 18.6 Å². The number of aromatic nitrogens is 1. The highest BCUT2D eigenvalue weighted by Gasteiger charge is 2.35. The first kappa shape index (κ1) is 19.4. The second-order valence-corrected chi connectivity index (χ2v) is 7.34. The average Bonchev–Trinajstić information content (AvgIpc) is 3.28. The minimum Gasteiger partial charge on any atom is -0.491 e. The predicted molar refractivity (Wildman–Crippen MR) is 116 cm³/mol. The smallest absolute Gasteiger partial charge is 0.277 e. The van der Waals surface area contributed by atoms with Crippen LogP contribution in [0.4, 0.5) is 0 Å². The number of H-pyrrole nitrogens is 1. The molecular formula is C25H22N2O4. The van der Waals surface area contributed by atoms with Gasteiger partial charge in [-0.3, -0.25) is 4.79 Å². The van der Waals surface area contributed by atoms with Crippen LogP contribution in [0.5, 0.6) is 5.75 Å². The number of benzene rings is 3. The van der Waals surface area contributed by atoms with Crippen LogP contribution in [0.15, 0.2) is 91.1 Å². The van der Waals surface area contributed by atoms with Crippen molar-refractivity contribution in [1.29, 1.82) is 0 Å². The lowest BCUT2D eigenvalue weighted by atomic mass is 10.1. The number of aromatic amines is 1. The summed E-state index contributed by atoms with van der Waals surface area (Å²) < 4.78 is 12.1. The van der Waals surface area contributed by atoms with Gasteiger partial charge in [0.2, 0.25) is 6.29 Å². The van der Waals surface area contributed by atoms with E-state index in [0.717, 1.165) is 22.2 Å². The molecule has 0 radical (unpaired) electrons. The number of amides is 1. The number of ether oxygens (including phenoxy) is 2. The van der Waals surface area contributed by atoms with E-state index in [0.29, 0.717) is 12.2 Å². The van der Waals surface area contributed by atoms with E-state index in [1.54, 1.807) is 12.1 Å². The Morgan fingerprint density at radius 2 is 1.68 bits per heavy atom. The quantitative estimate of drug-likeness (QED) is 0.513. The van der Waals surface area contributed by atoms with Crippen molar-refractivity contribution >= 4 is 16.8 Å². The number of carbonyl (C=O) groups is 1. The van der Waals surface area contributed by atoms with Crippen LogP contribution < -0.4 is 4.74 Å². The fourth-order valence-electron chi connectivity index (χ4n) is 3.66. The van der Waals surface area contributed by atoms with Crippen molar-refractivity contribution in [3.8, 4) is 5.75 Å². The van der Waals surface area contributed by atoms with Crippen LogP contribution in [0.1, 0.15) is 22.2 Å². The molecule has 0 unspecified atom stereocenters. The predicted octanol–water partition coefficient (Wildman–Crippen LogP) is 4.72. The molecule has 6 heteroatoms. The Morgan fingerprint density at radius 1 is 0.968 bits per heavy atom. The maximum absolute atomic E-state index is 13.1. The lowest BCUT2D eigenvalue weighted by Gasteiger charge is -2.37. The molecule has 0 aliphatic carbocycles. The Morgan fingerprint density at radius 3 is 2.48 bits per heavy atom. The summed E-state index contributed by atoms with van der Waals surface area (Å²) in [6.45, 7) is 0.560. The first-order valence-electron chi connectivity index (χ1n) is 10.2. The van der Waals surface area contributed by atoms with Crippen LogP contribution in [0.25, 0.3) is 10.9 Å². The summed E-state index contributed by atoms with van der Waals surface area (Å²) in [6, 6.07) is 26.6. The van der Waals surface area contributed by atoms with Crippen LogP contribution in [0.3, 0.4) is 0 Å². The standard InChI is InChI=1S/C25H22N2O4/c28-24(18-9-3-1-4-10-18)27-16-20(17-29-19-11-5-2-6-12-19)30-25(31-27)22-15-26-23-14-8-7-13-21(22)23/h1-15,20,25-26H,16-17H2/t20-,25-/m1/s1. The molecule has 4 aromatic rings. The molecule has 2 atom stereocenters. The third kappa shape index (κ3) is 4.17. The highest BCUT2D eigenvalue weighted by molar-refractivity contribution is 5.93. The normalized spacial score (nSPS) is 18.8. The van der Waals surface area contributed by atoms with Gasteiger partial charge in [-0.1, -0.05) is 54.6 Å². The van der Waals surface area contributed by atoms with Gasteiger partial charge in [-0.05, 0) is 30.3 Å². The molecule has 156 valence electrons. The molecule has 1 amide bonds. The second-order valence-electron chi connectivity index (χ2n) is 7.34. The van der Waals surface area contributed by atoms with E-state index in [1.165, 1.54) is 5.06 Å². The van der Waals surface area contributed by atoms with Gasteiger partial charge in [0.05, 0.1) is 6.54 Å². The summed E-state index contributed by atoms with van der Waals surface area (Å²) in [7, 11) is 0. The number of nitrogens with zero attached hydrogens (tertiary/aromatic N) is 1. The van der Waals surface area contributed by atoms with E-state index in [4.69, 9.17) is 14.3 Å². The van der Waals surface area contributed by atoms with Gasteiger partial charge in [0, 0.05) is 28.2 Å². The molecule has 1 aromatic heterocycles. The molecule has 0 saturated carbocycles. The minimum atomic E-state index is -0.734. The molecule has 31 heavy (non-hydrogen) atoms. The van der Waals surface area contributed by atoms with E-state index in [1.807, 2.05) is 79.0 Å². The lowest BCUT2D eigenvalue weighted by Crippen LogP contribution is -2.47. The molecule has 2 heterocycles. The first-order chi connectivity index (χ1) is 15.3. The second kappa shape index (κ2) is 8.63. The Hall–Kier alpha value is -3.61. The van der Waals surface area contributed by atoms with Crippen LogP contribution in [-0.2, 0) is 9.57 Å². The summed E-state index contributed by atoms with van der Waals surface area (Å²) >= 11 is 0. The largest absolute Gasteiger partial charge is 0.491 e. The van der Waals surface area contributed by atoms with Crippen molar-refractivity contribution in [2.24, 2.45) is 0 Å². The maximum atomic E-state index is 13.1. The minimum absolute atomic E-state index is 0.210. The monoisotopic (exact) mass is 414 g/mol. The van der Waals surface area contributed by atoms with Gasteiger partial charge in [-0.15, -0.1) is 0 Å². The van der Waals surface area contributed by atoms with Crippen molar-refractivity contribution in [2.45, 2.75) is 12.4 Å². The molecule has 1 aliphatic rings. The van der Waals surface area contributed by atoms with Crippen LogP contribution >= 0.6 is 0 Å². The number of nitrogens with one attached hydrogen (secondary N) is 1. The molecule has 1 N–H and O–H groups in total.